The third-order valence-corrected chi connectivity index (χ3v) is 4.25. The SMILES string of the molecule is NC(=O)c1ccccc1NS(=O)(=O)NC1CCCC1. The minimum Gasteiger partial charge on any atom is -0.366 e. The van der Waals surface area contributed by atoms with E-state index in [9.17, 15) is 13.2 Å². The van der Waals surface area contributed by atoms with Gasteiger partial charge in [0.05, 0.1) is 11.3 Å². The Morgan fingerprint density at radius 1 is 1.21 bits per heavy atom. The second-order valence-corrected chi connectivity index (χ2v) is 6.06. The van der Waals surface area contributed by atoms with Crippen LogP contribution >= 0.6 is 0 Å². The quantitative estimate of drug-likeness (QED) is 0.750. The van der Waals surface area contributed by atoms with E-state index in [1.54, 1.807) is 12.1 Å². The first-order chi connectivity index (χ1) is 8.98. The van der Waals surface area contributed by atoms with Gasteiger partial charge in [-0.25, -0.2) is 0 Å². The largest absolute Gasteiger partial charge is 0.366 e. The van der Waals surface area contributed by atoms with E-state index in [0.29, 0.717) is 0 Å². The highest BCUT2D eigenvalue weighted by Gasteiger charge is 2.22. The maximum absolute atomic E-state index is 12.0. The Hall–Kier alpha value is -1.60. The van der Waals surface area contributed by atoms with Crippen LogP contribution in [0.5, 0.6) is 0 Å². The zero-order valence-corrected chi connectivity index (χ0v) is 11.2. The maximum atomic E-state index is 12.0. The van der Waals surface area contributed by atoms with Crippen LogP contribution < -0.4 is 15.2 Å². The van der Waals surface area contributed by atoms with Gasteiger partial charge in [0, 0.05) is 6.04 Å². The summed E-state index contributed by atoms with van der Waals surface area (Å²) in [5.41, 5.74) is 5.55. The summed E-state index contributed by atoms with van der Waals surface area (Å²) >= 11 is 0. The van der Waals surface area contributed by atoms with Crippen LogP contribution in [0.4, 0.5) is 5.69 Å². The first-order valence-electron chi connectivity index (χ1n) is 6.17. The zero-order valence-electron chi connectivity index (χ0n) is 10.4. The number of carbonyl (C=O) groups is 1. The van der Waals surface area contributed by atoms with Crippen molar-refractivity contribution in [2.24, 2.45) is 5.73 Å². The van der Waals surface area contributed by atoms with Gasteiger partial charge in [0.25, 0.3) is 16.1 Å². The summed E-state index contributed by atoms with van der Waals surface area (Å²) in [5, 5.41) is 0. The molecule has 0 bridgehead atoms. The summed E-state index contributed by atoms with van der Waals surface area (Å²) in [4.78, 5) is 11.2. The first kappa shape index (κ1) is 13.8. The molecule has 0 atom stereocenters. The third kappa shape index (κ3) is 3.68. The van der Waals surface area contributed by atoms with Gasteiger partial charge in [-0.1, -0.05) is 25.0 Å². The van der Waals surface area contributed by atoms with Crippen LogP contribution in [-0.2, 0) is 10.2 Å². The van der Waals surface area contributed by atoms with E-state index in [1.165, 1.54) is 12.1 Å². The summed E-state index contributed by atoms with van der Waals surface area (Å²) in [7, 11) is -3.68. The van der Waals surface area contributed by atoms with Crippen molar-refractivity contribution in [1.29, 1.82) is 0 Å². The van der Waals surface area contributed by atoms with Crippen LogP contribution in [0.15, 0.2) is 24.3 Å². The molecule has 0 unspecified atom stereocenters. The van der Waals surface area contributed by atoms with Crippen molar-refractivity contribution in [1.82, 2.24) is 4.72 Å². The Morgan fingerprint density at radius 2 is 1.84 bits per heavy atom. The molecule has 1 fully saturated rings. The van der Waals surface area contributed by atoms with Gasteiger partial charge in [0.2, 0.25) is 0 Å². The van der Waals surface area contributed by atoms with Crippen molar-refractivity contribution in [3.8, 4) is 0 Å². The van der Waals surface area contributed by atoms with Crippen molar-refractivity contribution < 1.29 is 13.2 Å². The van der Waals surface area contributed by atoms with E-state index < -0.39 is 16.1 Å². The van der Waals surface area contributed by atoms with Crippen molar-refractivity contribution in [3.63, 3.8) is 0 Å². The number of anilines is 1. The molecule has 1 aliphatic carbocycles. The van der Waals surface area contributed by atoms with Gasteiger partial charge in [0.1, 0.15) is 0 Å². The second-order valence-electron chi connectivity index (χ2n) is 4.61. The molecular formula is C12H17N3O3S. The number of hydrogen-bond acceptors (Lipinski definition) is 3. The van der Waals surface area contributed by atoms with Crippen LogP contribution in [0.2, 0.25) is 0 Å². The van der Waals surface area contributed by atoms with Crippen LogP contribution in [0.3, 0.4) is 0 Å². The molecule has 0 spiro atoms. The lowest BCUT2D eigenvalue weighted by atomic mass is 10.2. The van der Waals surface area contributed by atoms with Crippen molar-refractivity contribution in [2.75, 3.05) is 4.72 Å². The Morgan fingerprint density at radius 3 is 2.47 bits per heavy atom. The predicted octanol–water partition coefficient (Wildman–Crippen LogP) is 0.974. The molecule has 1 aromatic carbocycles. The number of para-hydroxylation sites is 1. The molecule has 0 radical (unpaired) electrons. The fraction of sp³-hybridized carbons (Fsp3) is 0.417. The monoisotopic (exact) mass is 283 g/mol. The Balaban J connectivity index is 2.13. The number of amides is 1. The smallest absolute Gasteiger partial charge is 0.299 e. The lowest BCUT2D eigenvalue weighted by Gasteiger charge is -2.15. The summed E-state index contributed by atoms with van der Waals surface area (Å²) in [6, 6.07) is 6.23. The number of hydrogen-bond donors (Lipinski definition) is 3. The fourth-order valence-corrected chi connectivity index (χ4v) is 3.43. The van der Waals surface area contributed by atoms with Gasteiger partial charge in [-0.3, -0.25) is 9.52 Å². The number of rotatable bonds is 5. The number of carbonyl (C=O) groups excluding carboxylic acids is 1. The molecular weight excluding hydrogens is 266 g/mol. The number of benzene rings is 1. The van der Waals surface area contributed by atoms with Gasteiger partial charge in [0.15, 0.2) is 0 Å². The minimum absolute atomic E-state index is 0.0294. The summed E-state index contributed by atoms with van der Waals surface area (Å²) in [6.45, 7) is 0. The fourth-order valence-electron chi connectivity index (χ4n) is 2.22. The topological polar surface area (TPSA) is 101 Å². The summed E-state index contributed by atoms with van der Waals surface area (Å²) in [6.07, 6.45) is 3.76. The lowest BCUT2D eigenvalue weighted by Crippen LogP contribution is -2.37. The molecule has 2 rings (SSSR count). The first-order valence-corrected chi connectivity index (χ1v) is 7.65. The average molecular weight is 283 g/mol. The molecule has 1 saturated carbocycles. The maximum Gasteiger partial charge on any atom is 0.299 e. The van der Waals surface area contributed by atoms with E-state index in [-0.39, 0.29) is 17.3 Å². The minimum atomic E-state index is -3.68. The molecule has 0 heterocycles. The normalized spacial score (nSPS) is 16.4. The molecule has 0 aliphatic heterocycles. The number of nitrogens with two attached hydrogens (primary N) is 1. The van der Waals surface area contributed by atoms with Gasteiger partial charge >= 0.3 is 0 Å². The summed E-state index contributed by atoms with van der Waals surface area (Å²) < 4.78 is 28.8. The summed E-state index contributed by atoms with van der Waals surface area (Å²) in [5.74, 6) is -0.667. The molecule has 1 aliphatic rings. The van der Waals surface area contributed by atoms with Gasteiger partial charge < -0.3 is 5.73 Å². The highest BCUT2D eigenvalue weighted by molar-refractivity contribution is 7.90. The average Bonchev–Trinajstić information content (AvgIpc) is 2.80. The zero-order chi connectivity index (χ0) is 13.9. The molecule has 4 N–H and O–H groups in total. The van der Waals surface area contributed by atoms with E-state index in [0.717, 1.165) is 25.7 Å². The van der Waals surface area contributed by atoms with Crippen LogP contribution in [0.25, 0.3) is 0 Å². The van der Waals surface area contributed by atoms with Crippen molar-refractivity contribution in [2.45, 2.75) is 31.7 Å². The molecule has 104 valence electrons. The van der Waals surface area contributed by atoms with E-state index in [2.05, 4.69) is 9.44 Å². The van der Waals surface area contributed by atoms with Gasteiger partial charge in [-0.2, -0.15) is 13.1 Å². The molecule has 0 aromatic heterocycles. The van der Waals surface area contributed by atoms with Crippen molar-refractivity contribution in [3.05, 3.63) is 29.8 Å². The molecule has 19 heavy (non-hydrogen) atoms. The van der Waals surface area contributed by atoms with Crippen LogP contribution in [0.1, 0.15) is 36.0 Å². The third-order valence-electron chi connectivity index (χ3n) is 3.11. The van der Waals surface area contributed by atoms with E-state index in [4.69, 9.17) is 5.73 Å². The number of nitrogens with one attached hydrogen (secondary N) is 2. The van der Waals surface area contributed by atoms with E-state index >= 15 is 0 Å². The Bertz CT molecular complexity index is 565. The standard InChI is InChI=1S/C12H17N3O3S/c13-12(16)10-7-3-4-8-11(10)15-19(17,18)14-9-5-1-2-6-9/h3-4,7-9,14-15H,1-2,5-6H2,(H2,13,16). The lowest BCUT2D eigenvalue weighted by molar-refractivity contribution is 0.100. The van der Waals surface area contributed by atoms with Crippen molar-refractivity contribution >= 4 is 21.8 Å². The van der Waals surface area contributed by atoms with Crippen LogP contribution in [-0.4, -0.2) is 20.4 Å². The Labute approximate surface area is 112 Å². The van der Waals surface area contributed by atoms with Gasteiger partial charge in [-0.15, -0.1) is 0 Å². The number of primary amides is 1. The second kappa shape index (κ2) is 5.58. The van der Waals surface area contributed by atoms with E-state index in [1.807, 2.05) is 0 Å². The molecule has 7 heteroatoms. The van der Waals surface area contributed by atoms with Gasteiger partial charge in [-0.05, 0) is 25.0 Å². The Kier molecular flexibility index (Phi) is 4.06. The highest BCUT2D eigenvalue weighted by atomic mass is 32.2. The highest BCUT2D eigenvalue weighted by Crippen LogP contribution is 2.20. The molecule has 0 saturated heterocycles. The predicted molar refractivity (Wildman–Crippen MR) is 72.9 cm³/mol. The molecule has 1 aromatic rings. The molecule has 1 amide bonds. The van der Waals surface area contributed by atoms with Crippen LogP contribution in [0, 0.1) is 0 Å². The molecule has 6 nitrogen and oxygen atoms in total.